The highest BCUT2D eigenvalue weighted by atomic mass is 16.5. The van der Waals surface area contributed by atoms with Gasteiger partial charge in [-0.25, -0.2) is 0 Å². The van der Waals surface area contributed by atoms with Crippen molar-refractivity contribution in [1.82, 2.24) is 16.0 Å². The third-order valence-corrected chi connectivity index (χ3v) is 6.96. The molecule has 0 heterocycles. The van der Waals surface area contributed by atoms with Crippen molar-refractivity contribution in [2.45, 2.75) is 64.0 Å². The maximum atomic E-state index is 13.4. The van der Waals surface area contributed by atoms with E-state index in [4.69, 9.17) is 19.6 Å². The number of benzene rings is 2. The lowest BCUT2D eigenvalue weighted by atomic mass is 9.84. The molecular formula is C29H40N4O5. The van der Waals surface area contributed by atoms with Gasteiger partial charge in [0.25, 0.3) is 0 Å². The van der Waals surface area contributed by atoms with Crippen molar-refractivity contribution in [3.8, 4) is 17.2 Å². The molecule has 9 nitrogen and oxygen atoms in total. The summed E-state index contributed by atoms with van der Waals surface area (Å²) in [6, 6.07) is 11.9. The maximum absolute atomic E-state index is 13.4. The van der Waals surface area contributed by atoms with Crippen LogP contribution in [0.25, 0.3) is 0 Å². The largest absolute Gasteiger partial charge is 0.497 e. The summed E-state index contributed by atoms with van der Waals surface area (Å²) in [6.45, 7) is 1.92. The van der Waals surface area contributed by atoms with Crippen molar-refractivity contribution >= 4 is 17.8 Å². The summed E-state index contributed by atoms with van der Waals surface area (Å²) < 4.78 is 15.9. The first-order chi connectivity index (χ1) is 18.3. The Kier molecular flexibility index (Phi) is 10.8. The van der Waals surface area contributed by atoms with E-state index in [0.717, 1.165) is 42.6 Å². The highest BCUT2D eigenvalue weighted by Gasteiger charge is 2.27. The Morgan fingerprint density at radius 2 is 1.68 bits per heavy atom. The van der Waals surface area contributed by atoms with E-state index in [-0.39, 0.29) is 30.2 Å². The average molecular weight is 525 g/mol. The molecule has 1 saturated carbocycles. The number of carbonyl (C=O) groups excluding carboxylic acids is 2. The first-order valence-corrected chi connectivity index (χ1v) is 13.1. The minimum atomic E-state index is -0.639. The minimum absolute atomic E-state index is 0.0524. The molecule has 206 valence electrons. The summed E-state index contributed by atoms with van der Waals surface area (Å²) in [5.74, 6) is 1.46. The standard InChI is InChI=1S/C29H40N4O5/c1-19(22-11-8-12-23(18-22)36-2)31-28(35)24(15-20-9-6-5-7-10-20)32-29(30)33-27(34)17-21-13-14-25(37-3)26(16-21)38-4/h8,11-14,16,18-20,24H,5-7,9-10,15,17H2,1-4H3,(H,31,35)(H3,30,32,33,34)/t19-,24+/m1/s1. The zero-order valence-electron chi connectivity index (χ0n) is 22.8. The molecule has 9 heteroatoms. The first-order valence-electron chi connectivity index (χ1n) is 13.1. The number of ether oxygens (including phenoxy) is 3. The molecule has 2 amide bonds. The van der Waals surface area contributed by atoms with Crippen molar-refractivity contribution < 1.29 is 23.8 Å². The van der Waals surface area contributed by atoms with Gasteiger partial charge < -0.3 is 24.8 Å². The molecule has 2 aromatic carbocycles. The van der Waals surface area contributed by atoms with Crippen LogP contribution in [0.5, 0.6) is 17.2 Å². The summed E-state index contributed by atoms with van der Waals surface area (Å²) in [5.41, 5.74) is 1.64. The predicted octanol–water partition coefficient (Wildman–Crippen LogP) is 4.11. The second-order valence-electron chi connectivity index (χ2n) is 9.73. The maximum Gasteiger partial charge on any atom is 0.243 e. The Morgan fingerprint density at radius 3 is 2.37 bits per heavy atom. The van der Waals surface area contributed by atoms with Crippen molar-refractivity contribution in [1.29, 1.82) is 5.41 Å². The van der Waals surface area contributed by atoms with Gasteiger partial charge in [-0.05, 0) is 54.7 Å². The summed E-state index contributed by atoms with van der Waals surface area (Å²) in [6.07, 6.45) is 6.31. The van der Waals surface area contributed by atoms with Crippen LogP contribution in [0, 0.1) is 11.3 Å². The molecule has 4 N–H and O–H groups in total. The number of amides is 2. The van der Waals surface area contributed by atoms with Crippen LogP contribution in [-0.2, 0) is 16.0 Å². The Bertz CT molecular complexity index is 1100. The number of carbonyl (C=O) groups is 2. The number of methoxy groups -OCH3 is 3. The number of guanidine groups is 1. The molecule has 0 radical (unpaired) electrons. The van der Waals surface area contributed by atoms with E-state index in [0.29, 0.717) is 23.8 Å². The Morgan fingerprint density at radius 1 is 0.947 bits per heavy atom. The Balaban J connectivity index is 1.63. The van der Waals surface area contributed by atoms with E-state index < -0.39 is 6.04 Å². The SMILES string of the molecule is COc1cccc([C@@H](C)NC(=O)[C@H](CC2CCCCC2)NC(=N)NC(=O)Cc2ccc(OC)c(OC)c2)c1. The van der Waals surface area contributed by atoms with Crippen molar-refractivity contribution in [2.24, 2.45) is 5.92 Å². The zero-order valence-corrected chi connectivity index (χ0v) is 22.8. The second-order valence-corrected chi connectivity index (χ2v) is 9.73. The summed E-state index contributed by atoms with van der Waals surface area (Å²) >= 11 is 0. The molecular weight excluding hydrogens is 484 g/mol. The lowest BCUT2D eigenvalue weighted by Crippen LogP contribution is -2.52. The zero-order chi connectivity index (χ0) is 27.5. The van der Waals surface area contributed by atoms with Gasteiger partial charge in [-0.2, -0.15) is 0 Å². The number of hydrogen-bond acceptors (Lipinski definition) is 6. The van der Waals surface area contributed by atoms with Crippen LogP contribution in [-0.4, -0.2) is 45.1 Å². The number of nitrogens with one attached hydrogen (secondary N) is 4. The van der Waals surface area contributed by atoms with Crippen molar-refractivity contribution in [3.05, 3.63) is 53.6 Å². The topological polar surface area (TPSA) is 122 Å². The molecule has 0 aliphatic heterocycles. The van der Waals surface area contributed by atoms with E-state index in [1.54, 1.807) is 32.4 Å². The Labute approximate surface area is 225 Å². The van der Waals surface area contributed by atoms with Gasteiger partial charge in [-0.15, -0.1) is 0 Å². The molecule has 38 heavy (non-hydrogen) atoms. The molecule has 0 spiro atoms. The molecule has 1 fully saturated rings. The van der Waals surface area contributed by atoms with Crippen LogP contribution in [0.2, 0.25) is 0 Å². The fourth-order valence-corrected chi connectivity index (χ4v) is 4.87. The molecule has 0 aromatic heterocycles. The van der Waals surface area contributed by atoms with E-state index in [2.05, 4.69) is 16.0 Å². The van der Waals surface area contributed by atoms with E-state index in [1.165, 1.54) is 13.5 Å². The lowest BCUT2D eigenvalue weighted by Gasteiger charge is -2.28. The highest BCUT2D eigenvalue weighted by molar-refractivity contribution is 5.98. The number of rotatable bonds is 11. The van der Waals surface area contributed by atoms with E-state index in [9.17, 15) is 9.59 Å². The minimum Gasteiger partial charge on any atom is -0.497 e. The quantitative estimate of drug-likeness (QED) is 0.259. The Hall–Kier alpha value is -3.75. The molecule has 0 bridgehead atoms. The molecule has 0 unspecified atom stereocenters. The van der Waals surface area contributed by atoms with Gasteiger partial charge in [-0.1, -0.05) is 50.3 Å². The predicted molar refractivity (Wildman–Crippen MR) is 147 cm³/mol. The van der Waals surface area contributed by atoms with Gasteiger partial charge in [0, 0.05) is 0 Å². The second kappa shape index (κ2) is 14.3. The van der Waals surface area contributed by atoms with Gasteiger partial charge in [-0.3, -0.25) is 20.3 Å². The average Bonchev–Trinajstić information content (AvgIpc) is 2.92. The van der Waals surface area contributed by atoms with Crippen molar-refractivity contribution in [3.63, 3.8) is 0 Å². The lowest BCUT2D eigenvalue weighted by molar-refractivity contribution is -0.124. The fraction of sp³-hybridized carbons (Fsp3) is 0.483. The van der Waals surface area contributed by atoms with Gasteiger partial charge >= 0.3 is 0 Å². The van der Waals surface area contributed by atoms with Gasteiger partial charge in [0.2, 0.25) is 11.8 Å². The summed E-state index contributed by atoms with van der Waals surface area (Å²) in [5, 5.41) is 17.0. The summed E-state index contributed by atoms with van der Waals surface area (Å²) in [4.78, 5) is 26.0. The van der Waals surface area contributed by atoms with Crippen LogP contribution >= 0.6 is 0 Å². The molecule has 1 aliphatic rings. The van der Waals surface area contributed by atoms with Crippen LogP contribution in [0.15, 0.2) is 42.5 Å². The van der Waals surface area contributed by atoms with E-state index in [1.807, 2.05) is 31.2 Å². The molecule has 2 atom stereocenters. The number of hydrogen-bond donors (Lipinski definition) is 4. The molecule has 3 rings (SSSR count). The van der Waals surface area contributed by atoms with Crippen LogP contribution < -0.4 is 30.2 Å². The molecule has 2 aromatic rings. The third kappa shape index (κ3) is 8.39. The van der Waals surface area contributed by atoms with Crippen molar-refractivity contribution in [2.75, 3.05) is 21.3 Å². The normalized spacial score (nSPS) is 15.1. The van der Waals surface area contributed by atoms with Crippen LogP contribution in [0.4, 0.5) is 0 Å². The monoisotopic (exact) mass is 524 g/mol. The summed E-state index contributed by atoms with van der Waals surface area (Å²) in [7, 11) is 4.69. The van der Waals surface area contributed by atoms with Crippen LogP contribution in [0.1, 0.15) is 62.6 Å². The molecule has 0 saturated heterocycles. The highest BCUT2D eigenvalue weighted by Crippen LogP contribution is 2.29. The van der Waals surface area contributed by atoms with Gasteiger partial charge in [0.15, 0.2) is 17.5 Å². The van der Waals surface area contributed by atoms with Gasteiger partial charge in [0.05, 0.1) is 33.8 Å². The van der Waals surface area contributed by atoms with Gasteiger partial charge in [0.1, 0.15) is 11.8 Å². The third-order valence-electron chi connectivity index (χ3n) is 6.96. The fourth-order valence-electron chi connectivity index (χ4n) is 4.87. The molecule has 1 aliphatic carbocycles. The van der Waals surface area contributed by atoms with Crippen LogP contribution in [0.3, 0.4) is 0 Å². The first kappa shape index (κ1) is 28.8. The smallest absolute Gasteiger partial charge is 0.243 e. The van der Waals surface area contributed by atoms with E-state index >= 15 is 0 Å².